The van der Waals surface area contributed by atoms with Gasteiger partial charge in [0.25, 0.3) is 0 Å². The molecule has 0 bridgehead atoms. The lowest BCUT2D eigenvalue weighted by molar-refractivity contribution is 0.504. The SMILES string of the molecule is CC.CC.CC.CC.CC.CC.CC.CC.CC.Cc1cc(C)c2ccccc2n1.Cc1cc2ccccc2c(C)n1.Cc1ccc(C)o1.Cc1ccc(C)s1.Cc1ccc2c(c1)c1ccccc1n2C.Cc1ccc2c3ccccc3n(C)c2c1.Cc1nc(C)c2ccccc2n1. The predicted molar refractivity (Wildman–Crippen MR) is 446 cm³/mol. The van der Waals surface area contributed by atoms with Crippen molar-refractivity contribution in [2.24, 2.45) is 14.1 Å². The van der Waals surface area contributed by atoms with E-state index in [0.29, 0.717) is 0 Å². The van der Waals surface area contributed by atoms with Crippen molar-refractivity contribution in [1.29, 1.82) is 0 Å². The van der Waals surface area contributed by atoms with Gasteiger partial charge in [-0.25, -0.2) is 9.97 Å². The number of furan rings is 1. The molecule has 98 heavy (non-hydrogen) atoms. The number of aromatic nitrogens is 6. The highest BCUT2D eigenvalue weighted by Crippen LogP contribution is 2.30. The molecule has 14 aromatic rings. The fraction of sp³-hybridized carbons (Fsp3) is 0.356. The quantitative estimate of drug-likeness (QED) is 0.151. The first kappa shape index (κ1) is 91.3. The summed E-state index contributed by atoms with van der Waals surface area (Å²) in [5.74, 6) is 2.81. The van der Waals surface area contributed by atoms with E-state index in [9.17, 15) is 0 Å². The molecule has 7 aromatic heterocycles. The number of hydrogen-bond acceptors (Lipinski definition) is 6. The van der Waals surface area contributed by atoms with Gasteiger partial charge in [-0.3, -0.25) is 9.97 Å². The average molecular weight is 1340 g/mol. The minimum absolute atomic E-state index is 0.839. The van der Waals surface area contributed by atoms with E-state index in [-0.39, 0.29) is 0 Å². The molecule has 14 rings (SSSR count). The Labute approximate surface area is 599 Å². The largest absolute Gasteiger partial charge is 0.467 e. The van der Waals surface area contributed by atoms with Crippen molar-refractivity contribution in [2.45, 2.75) is 208 Å². The number of fused-ring (bicyclic) bond motifs is 9. The number of thiophene rings is 1. The smallest absolute Gasteiger partial charge is 0.126 e. The molecule has 0 amide bonds. The third kappa shape index (κ3) is 28.8. The number of aryl methyl sites for hydroxylation is 14. The fourth-order valence-corrected chi connectivity index (χ4v) is 10.9. The summed E-state index contributed by atoms with van der Waals surface area (Å²) in [4.78, 5) is 20.3. The van der Waals surface area contributed by atoms with Gasteiger partial charge in [0.1, 0.15) is 17.3 Å². The maximum atomic E-state index is 5.08. The Kier molecular flexibility index (Phi) is 48.8. The average Bonchev–Trinajstić information content (AvgIpc) is 1.62. The first-order chi connectivity index (χ1) is 47.4. The van der Waals surface area contributed by atoms with Gasteiger partial charge < -0.3 is 13.6 Å². The zero-order valence-corrected chi connectivity index (χ0v) is 67.8. The van der Waals surface area contributed by atoms with E-state index in [0.717, 1.165) is 56.5 Å². The summed E-state index contributed by atoms with van der Waals surface area (Å²) in [6, 6.07) is 67.4. The molecule has 0 N–H and O–H groups in total. The van der Waals surface area contributed by atoms with Crippen LogP contribution in [0.25, 0.3) is 76.2 Å². The zero-order chi connectivity index (χ0) is 75.0. The highest BCUT2D eigenvalue weighted by molar-refractivity contribution is 7.11. The Bertz CT molecular complexity index is 4110. The number of rotatable bonds is 0. The number of pyridine rings is 2. The molecule has 8 heteroatoms. The van der Waals surface area contributed by atoms with Crippen molar-refractivity contribution in [3.63, 3.8) is 0 Å². The lowest BCUT2D eigenvalue weighted by Gasteiger charge is -2.01. The van der Waals surface area contributed by atoms with Crippen LogP contribution in [0.3, 0.4) is 0 Å². The Morgan fingerprint density at radius 2 is 0.663 bits per heavy atom. The maximum absolute atomic E-state index is 5.08. The van der Waals surface area contributed by atoms with Gasteiger partial charge in [-0.15, -0.1) is 11.3 Å². The molecule has 0 aliphatic heterocycles. The second-order valence-corrected chi connectivity index (χ2v) is 22.0. The molecule has 0 unspecified atom stereocenters. The van der Waals surface area contributed by atoms with Crippen LogP contribution in [0, 0.1) is 83.1 Å². The second-order valence-electron chi connectivity index (χ2n) is 20.5. The Morgan fingerprint density at radius 1 is 0.286 bits per heavy atom. The summed E-state index contributed by atoms with van der Waals surface area (Å²) in [7, 11) is 4.25. The van der Waals surface area contributed by atoms with E-state index >= 15 is 0 Å². The Balaban J connectivity index is 0. The van der Waals surface area contributed by atoms with Crippen LogP contribution in [0.1, 0.15) is 191 Å². The second kappa shape index (κ2) is 52.4. The lowest BCUT2D eigenvalue weighted by atomic mass is 10.1. The molecule has 0 saturated heterocycles. The molecule has 0 aliphatic carbocycles. The van der Waals surface area contributed by atoms with Gasteiger partial charge >= 0.3 is 0 Å². The molecule has 530 valence electrons. The molecule has 0 aliphatic rings. The van der Waals surface area contributed by atoms with E-state index in [4.69, 9.17) is 4.42 Å². The van der Waals surface area contributed by atoms with Gasteiger partial charge in [-0.05, 0) is 178 Å². The van der Waals surface area contributed by atoms with Gasteiger partial charge in [0.2, 0.25) is 0 Å². The summed E-state index contributed by atoms with van der Waals surface area (Å²) in [5.41, 5.74) is 15.6. The number of para-hydroxylation sites is 4. The van der Waals surface area contributed by atoms with E-state index in [1.165, 1.54) is 86.2 Å². The molecule has 0 atom stereocenters. The van der Waals surface area contributed by atoms with Gasteiger partial charge in [0.05, 0.1) is 11.0 Å². The van der Waals surface area contributed by atoms with Crippen LogP contribution in [0.2, 0.25) is 0 Å². The molecule has 0 radical (unpaired) electrons. The number of benzene rings is 7. The normalized spacial score (nSPS) is 9.22. The molecular formula is C90H128N6OS. The van der Waals surface area contributed by atoms with Crippen molar-refractivity contribution in [3.05, 3.63) is 261 Å². The standard InChI is InChI=1S/2C14H13N.2C11H11N.C10H10N2.C6H8O.C6H8S.9C2H6/c1-10-7-8-14-12(9-10)11-5-3-4-6-13(11)15(14)2;1-10-7-8-12-11-5-3-4-6-13(11)15(2)14(12)9-10;1-8-7-10-5-3-4-6-11(10)9(2)12-8;1-8-7-9(2)12-11-6-4-3-5-10(8)11;1-7-9-5-3-4-6-10(9)12-8(2)11-7;2*1-5-3-4-6(2)7-5;9*1-2/h2*3-9H,1-2H3;2*3-7H,1-2H3;3-6H,1-2H3;2*3-4H,1-2H3;9*1-2H3. The molecule has 7 heterocycles. The third-order valence-electron chi connectivity index (χ3n) is 13.9. The molecule has 0 fully saturated rings. The van der Waals surface area contributed by atoms with Crippen molar-refractivity contribution in [1.82, 2.24) is 29.1 Å². The monoisotopic (exact) mass is 1340 g/mol. The topological polar surface area (TPSA) is 74.6 Å². The predicted octanol–water partition coefficient (Wildman–Crippen LogP) is 28.7. The van der Waals surface area contributed by atoms with Crippen LogP contribution in [-0.4, -0.2) is 29.1 Å². The summed E-state index contributed by atoms with van der Waals surface area (Å²) in [5, 5.41) is 10.3. The van der Waals surface area contributed by atoms with Crippen LogP contribution in [0.5, 0.6) is 0 Å². The summed E-state index contributed by atoms with van der Waals surface area (Å²) in [6.45, 7) is 60.6. The van der Waals surface area contributed by atoms with Crippen LogP contribution in [-0.2, 0) is 14.1 Å². The van der Waals surface area contributed by atoms with Gasteiger partial charge in [0.15, 0.2) is 0 Å². The van der Waals surface area contributed by atoms with Crippen molar-refractivity contribution < 1.29 is 4.42 Å². The molecule has 0 saturated carbocycles. The molecule has 0 spiro atoms. The first-order valence-corrected chi connectivity index (χ1v) is 37.0. The van der Waals surface area contributed by atoms with E-state index in [2.05, 4.69) is 224 Å². The van der Waals surface area contributed by atoms with Crippen LogP contribution < -0.4 is 0 Å². The van der Waals surface area contributed by atoms with E-state index in [1.807, 2.05) is 232 Å². The lowest BCUT2D eigenvalue weighted by Crippen LogP contribution is -1.92. The maximum Gasteiger partial charge on any atom is 0.126 e. The minimum atomic E-state index is 0.839. The van der Waals surface area contributed by atoms with Gasteiger partial charge in [-0.1, -0.05) is 245 Å². The summed E-state index contributed by atoms with van der Waals surface area (Å²) >= 11 is 1.84. The Morgan fingerprint density at radius 3 is 1.15 bits per heavy atom. The Hall–Kier alpha value is -8.72. The van der Waals surface area contributed by atoms with Crippen molar-refractivity contribution >= 4 is 87.5 Å². The highest BCUT2D eigenvalue weighted by Gasteiger charge is 2.08. The molecule has 7 aromatic carbocycles. The highest BCUT2D eigenvalue weighted by atomic mass is 32.1. The molecule has 7 nitrogen and oxygen atoms in total. The van der Waals surface area contributed by atoms with Gasteiger partial charge in [-0.2, -0.15) is 0 Å². The minimum Gasteiger partial charge on any atom is -0.467 e. The van der Waals surface area contributed by atoms with Crippen molar-refractivity contribution in [3.8, 4) is 0 Å². The van der Waals surface area contributed by atoms with Crippen molar-refractivity contribution in [2.75, 3.05) is 0 Å². The van der Waals surface area contributed by atoms with Crippen LogP contribution in [0.15, 0.2) is 199 Å². The van der Waals surface area contributed by atoms with Gasteiger partial charge in [0, 0.05) is 106 Å². The van der Waals surface area contributed by atoms with E-state index < -0.39 is 0 Å². The van der Waals surface area contributed by atoms with Crippen LogP contribution >= 0.6 is 11.3 Å². The zero-order valence-electron chi connectivity index (χ0n) is 67.0. The molecular weight excluding hydrogens is 1210 g/mol. The number of nitrogens with zero attached hydrogens (tertiary/aromatic N) is 6. The summed E-state index contributed by atoms with van der Waals surface area (Å²) < 4.78 is 9.60. The third-order valence-corrected chi connectivity index (χ3v) is 14.8. The van der Waals surface area contributed by atoms with E-state index in [1.54, 1.807) is 0 Å². The fourth-order valence-electron chi connectivity index (χ4n) is 10.1. The van der Waals surface area contributed by atoms with Crippen LogP contribution in [0.4, 0.5) is 0 Å². The number of hydrogen-bond donors (Lipinski definition) is 0. The first-order valence-electron chi connectivity index (χ1n) is 36.2. The summed E-state index contributed by atoms with van der Waals surface area (Å²) in [6.07, 6.45) is 0.